The third kappa shape index (κ3) is 2.13. The average molecular weight is 332 g/mol. The van der Waals surface area contributed by atoms with Crippen molar-refractivity contribution in [3.8, 4) is 0 Å². The molecule has 0 radical (unpaired) electrons. The lowest BCUT2D eigenvalue weighted by molar-refractivity contribution is -0.119. The van der Waals surface area contributed by atoms with Gasteiger partial charge in [-0.2, -0.15) is 0 Å². The molecule has 0 amide bonds. The molecule has 0 aromatic heterocycles. The highest BCUT2D eigenvalue weighted by Gasteiger charge is 2.62. The molecule has 4 aliphatic carbocycles. The van der Waals surface area contributed by atoms with Crippen molar-refractivity contribution < 1.29 is 15.0 Å². The molecule has 0 bridgehead atoms. The van der Waals surface area contributed by atoms with E-state index in [4.69, 9.17) is 0 Å². The average Bonchev–Trinajstić information content (AvgIpc) is 2.80. The quantitative estimate of drug-likeness (QED) is 0.773. The van der Waals surface area contributed by atoms with Gasteiger partial charge < -0.3 is 10.2 Å². The van der Waals surface area contributed by atoms with Gasteiger partial charge in [-0.3, -0.25) is 4.79 Å². The fraction of sp³-hybridized carbons (Fsp3) is 0.857. The van der Waals surface area contributed by atoms with Crippen LogP contribution < -0.4 is 0 Å². The molecule has 24 heavy (non-hydrogen) atoms. The fourth-order valence-electron chi connectivity index (χ4n) is 7.42. The van der Waals surface area contributed by atoms with Crippen molar-refractivity contribution >= 4 is 5.78 Å². The Bertz CT molecular complexity index is 580. The van der Waals surface area contributed by atoms with E-state index in [0.29, 0.717) is 30.0 Å². The van der Waals surface area contributed by atoms with Crippen molar-refractivity contribution in [2.24, 2.45) is 34.5 Å². The molecule has 4 rings (SSSR count). The second-order valence-electron chi connectivity index (χ2n) is 9.58. The predicted molar refractivity (Wildman–Crippen MR) is 93.3 cm³/mol. The number of hydrogen-bond acceptors (Lipinski definition) is 3. The van der Waals surface area contributed by atoms with Gasteiger partial charge >= 0.3 is 0 Å². The molecular formula is C21H32O3. The maximum atomic E-state index is 11.9. The number of carbonyl (C=O) groups is 1. The van der Waals surface area contributed by atoms with E-state index in [1.54, 1.807) is 0 Å². The number of aliphatic hydroxyl groups excluding tert-OH is 2. The largest absolute Gasteiger partial charge is 0.393 e. The van der Waals surface area contributed by atoms with Crippen LogP contribution in [0.5, 0.6) is 0 Å². The Labute approximate surface area is 145 Å². The highest BCUT2D eigenvalue weighted by atomic mass is 16.3. The fourth-order valence-corrected chi connectivity index (χ4v) is 7.42. The summed E-state index contributed by atoms with van der Waals surface area (Å²) in [5.41, 5.74) is 1.60. The highest BCUT2D eigenvalue weighted by Crippen LogP contribution is 2.66. The highest BCUT2D eigenvalue weighted by molar-refractivity contribution is 5.91. The van der Waals surface area contributed by atoms with Crippen LogP contribution in [0.25, 0.3) is 0 Å². The van der Waals surface area contributed by atoms with Crippen LogP contribution in [0.15, 0.2) is 11.6 Å². The van der Waals surface area contributed by atoms with Gasteiger partial charge in [0.2, 0.25) is 0 Å². The van der Waals surface area contributed by atoms with E-state index in [1.807, 2.05) is 13.0 Å². The minimum Gasteiger partial charge on any atom is -0.393 e. The summed E-state index contributed by atoms with van der Waals surface area (Å²) in [6.07, 6.45) is 8.14. The Kier molecular flexibility index (Phi) is 3.78. The van der Waals surface area contributed by atoms with Crippen molar-refractivity contribution in [1.82, 2.24) is 0 Å². The van der Waals surface area contributed by atoms with Crippen LogP contribution >= 0.6 is 0 Å². The molecule has 0 aromatic carbocycles. The van der Waals surface area contributed by atoms with Crippen LogP contribution in [0, 0.1) is 34.5 Å². The van der Waals surface area contributed by atoms with Gasteiger partial charge in [0.15, 0.2) is 5.78 Å². The van der Waals surface area contributed by atoms with Crippen LogP contribution in [-0.4, -0.2) is 28.2 Å². The first-order chi connectivity index (χ1) is 11.3. The number of rotatable bonds is 1. The van der Waals surface area contributed by atoms with Crippen molar-refractivity contribution in [2.45, 2.75) is 77.9 Å². The summed E-state index contributed by atoms with van der Waals surface area (Å²) < 4.78 is 0. The van der Waals surface area contributed by atoms with E-state index in [2.05, 4.69) is 13.8 Å². The van der Waals surface area contributed by atoms with E-state index in [0.717, 1.165) is 32.1 Å². The van der Waals surface area contributed by atoms with Crippen LogP contribution in [0.1, 0.15) is 65.7 Å². The molecule has 134 valence electrons. The third-order valence-electron chi connectivity index (χ3n) is 8.60. The molecule has 3 fully saturated rings. The summed E-state index contributed by atoms with van der Waals surface area (Å²) in [6, 6.07) is 0. The van der Waals surface area contributed by atoms with Crippen LogP contribution in [0.3, 0.4) is 0 Å². The predicted octanol–water partition coefficient (Wildman–Crippen LogP) is 3.49. The van der Waals surface area contributed by atoms with Crippen LogP contribution in [0.4, 0.5) is 0 Å². The van der Waals surface area contributed by atoms with Gasteiger partial charge in [0.05, 0.1) is 12.2 Å². The second kappa shape index (κ2) is 5.41. The molecule has 3 saturated carbocycles. The number of aliphatic hydroxyl groups is 2. The molecule has 3 nitrogen and oxygen atoms in total. The van der Waals surface area contributed by atoms with Gasteiger partial charge in [-0.25, -0.2) is 0 Å². The topological polar surface area (TPSA) is 57.5 Å². The van der Waals surface area contributed by atoms with Gasteiger partial charge in [0.1, 0.15) is 0 Å². The summed E-state index contributed by atoms with van der Waals surface area (Å²) in [6.45, 7) is 6.59. The maximum absolute atomic E-state index is 11.9. The van der Waals surface area contributed by atoms with E-state index >= 15 is 0 Å². The summed E-state index contributed by atoms with van der Waals surface area (Å²) in [7, 11) is 0. The summed E-state index contributed by atoms with van der Waals surface area (Å²) in [5, 5.41) is 21.2. The number of carbonyl (C=O) groups excluding carboxylic acids is 1. The molecule has 0 aromatic rings. The molecule has 3 heteroatoms. The van der Waals surface area contributed by atoms with E-state index < -0.39 is 0 Å². The SMILES string of the molecule is CC(O)[C@H]1C[C@@H](O)[C@H]2C3CCC4=CC(=O)CCC4(C)[C@H]3CCC12C. The smallest absolute Gasteiger partial charge is 0.155 e. The van der Waals surface area contributed by atoms with Crippen LogP contribution in [0.2, 0.25) is 0 Å². The van der Waals surface area contributed by atoms with Crippen LogP contribution in [-0.2, 0) is 4.79 Å². The Morgan fingerprint density at radius 2 is 1.96 bits per heavy atom. The Balaban J connectivity index is 1.69. The summed E-state index contributed by atoms with van der Waals surface area (Å²) in [5.74, 6) is 1.96. The molecule has 0 aliphatic heterocycles. The molecular weight excluding hydrogens is 300 g/mol. The zero-order valence-electron chi connectivity index (χ0n) is 15.3. The zero-order chi connectivity index (χ0) is 17.3. The normalized spacial score (nSPS) is 52.1. The maximum Gasteiger partial charge on any atom is 0.155 e. The molecule has 0 spiro atoms. The van der Waals surface area contributed by atoms with E-state index in [-0.39, 0.29) is 29.0 Å². The minimum atomic E-state index is -0.340. The van der Waals surface area contributed by atoms with Crippen molar-refractivity contribution in [3.05, 3.63) is 11.6 Å². The van der Waals surface area contributed by atoms with Crippen molar-refractivity contribution in [2.75, 3.05) is 0 Å². The zero-order valence-corrected chi connectivity index (χ0v) is 15.3. The number of hydrogen-bond donors (Lipinski definition) is 2. The number of ketones is 1. The molecule has 8 atom stereocenters. The summed E-state index contributed by atoms with van der Waals surface area (Å²) >= 11 is 0. The first-order valence-corrected chi connectivity index (χ1v) is 9.87. The third-order valence-corrected chi connectivity index (χ3v) is 8.60. The first-order valence-electron chi connectivity index (χ1n) is 9.87. The second-order valence-corrected chi connectivity index (χ2v) is 9.58. The molecule has 4 aliphatic rings. The monoisotopic (exact) mass is 332 g/mol. The Hall–Kier alpha value is -0.670. The van der Waals surface area contributed by atoms with E-state index in [9.17, 15) is 15.0 Å². The summed E-state index contributed by atoms with van der Waals surface area (Å²) in [4.78, 5) is 11.9. The van der Waals surface area contributed by atoms with Crippen molar-refractivity contribution in [3.63, 3.8) is 0 Å². The number of allylic oxidation sites excluding steroid dienone is 1. The minimum absolute atomic E-state index is 0.0663. The lowest BCUT2D eigenvalue weighted by Crippen LogP contribution is -2.52. The van der Waals surface area contributed by atoms with Gasteiger partial charge in [-0.05, 0) is 86.0 Å². The standard InChI is InChI=1S/C21H32O3/c1-12(22)17-11-18(24)19-15-5-4-13-10-14(23)6-8-20(13,2)16(15)7-9-21(17,19)3/h10,12,15-19,22,24H,4-9,11H2,1-3H3/t12?,15?,16-,17+,18+,19+,20?,21?/m0/s1. The lowest BCUT2D eigenvalue weighted by atomic mass is 9.46. The Morgan fingerprint density at radius 3 is 2.67 bits per heavy atom. The van der Waals surface area contributed by atoms with Gasteiger partial charge in [0.25, 0.3) is 0 Å². The van der Waals surface area contributed by atoms with E-state index in [1.165, 1.54) is 12.0 Å². The molecule has 0 saturated heterocycles. The Morgan fingerprint density at radius 1 is 1.21 bits per heavy atom. The van der Waals surface area contributed by atoms with Gasteiger partial charge in [-0.15, -0.1) is 0 Å². The van der Waals surface area contributed by atoms with Gasteiger partial charge in [-0.1, -0.05) is 19.4 Å². The van der Waals surface area contributed by atoms with Gasteiger partial charge in [0, 0.05) is 6.42 Å². The van der Waals surface area contributed by atoms with Crippen molar-refractivity contribution in [1.29, 1.82) is 0 Å². The molecule has 0 heterocycles. The lowest BCUT2D eigenvalue weighted by Gasteiger charge is -2.58. The first kappa shape index (κ1) is 16.8. The molecule has 4 unspecified atom stereocenters. The number of fused-ring (bicyclic) bond motifs is 5. The molecule has 2 N–H and O–H groups in total.